The molecule has 1 N–H and O–H groups in total. The van der Waals surface area contributed by atoms with Gasteiger partial charge < -0.3 is 5.32 Å². The van der Waals surface area contributed by atoms with Crippen molar-refractivity contribution in [1.82, 2.24) is 9.78 Å². The van der Waals surface area contributed by atoms with Crippen LogP contribution < -0.4 is 5.32 Å². The number of amides is 1. The van der Waals surface area contributed by atoms with Gasteiger partial charge >= 0.3 is 0 Å². The number of anilines is 1. The molecule has 2 rings (SSSR count). The molecule has 100 valence electrons. The molecule has 1 amide bonds. The Kier molecular flexibility index (Phi) is 4.00. The molecule has 0 radical (unpaired) electrons. The number of hydrogen-bond acceptors (Lipinski definition) is 2. The molecule has 0 saturated heterocycles. The number of benzene rings is 1. The Morgan fingerprint density at radius 2 is 2.05 bits per heavy atom. The number of hydrogen-bond donors (Lipinski definition) is 1. The van der Waals surface area contributed by atoms with E-state index in [1.807, 2.05) is 57.3 Å². The topological polar surface area (TPSA) is 46.9 Å². The zero-order valence-corrected chi connectivity index (χ0v) is 11.6. The average Bonchev–Trinajstić information content (AvgIpc) is 2.70. The van der Waals surface area contributed by atoms with E-state index in [0.717, 1.165) is 23.5 Å². The first-order chi connectivity index (χ1) is 9.11. The molecule has 4 nitrogen and oxygen atoms in total. The third kappa shape index (κ3) is 3.02. The predicted molar refractivity (Wildman–Crippen MR) is 76.0 cm³/mol. The molecule has 0 aliphatic heterocycles. The van der Waals surface area contributed by atoms with Gasteiger partial charge in [0.05, 0.1) is 11.6 Å². The Hall–Kier alpha value is -2.10. The molecular weight excluding hydrogens is 238 g/mol. The van der Waals surface area contributed by atoms with Gasteiger partial charge in [0.25, 0.3) is 0 Å². The number of rotatable bonds is 4. The summed E-state index contributed by atoms with van der Waals surface area (Å²) in [4.78, 5) is 12.4. The average molecular weight is 257 g/mol. The molecule has 0 unspecified atom stereocenters. The Bertz CT molecular complexity index is 560. The Morgan fingerprint density at radius 1 is 1.37 bits per heavy atom. The summed E-state index contributed by atoms with van der Waals surface area (Å²) < 4.78 is 1.69. The van der Waals surface area contributed by atoms with E-state index in [2.05, 4.69) is 10.4 Å². The number of carbonyl (C=O) groups excluding carboxylic acids is 1. The standard InChI is InChI=1S/C15H19N3O/c1-4-13(12-8-6-5-7-9-12)15(19)16-14-10-11(2)17-18(14)3/h5-10,13H,4H2,1-3H3,(H,16,19)/t13-/m0/s1. The Morgan fingerprint density at radius 3 is 2.58 bits per heavy atom. The van der Waals surface area contributed by atoms with Crippen LogP contribution >= 0.6 is 0 Å². The van der Waals surface area contributed by atoms with E-state index in [1.54, 1.807) is 4.68 Å². The lowest BCUT2D eigenvalue weighted by atomic mass is 9.96. The van der Waals surface area contributed by atoms with Crippen LogP contribution in [-0.2, 0) is 11.8 Å². The number of nitrogens with one attached hydrogen (secondary N) is 1. The molecule has 2 aromatic rings. The second kappa shape index (κ2) is 5.69. The van der Waals surface area contributed by atoms with Crippen LogP contribution in [-0.4, -0.2) is 15.7 Å². The molecule has 1 aromatic heterocycles. The van der Waals surface area contributed by atoms with Crippen molar-refractivity contribution in [3.8, 4) is 0 Å². The monoisotopic (exact) mass is 257 g/mol. The number of carbonyl (C=O) groups is 1. The summed E-state index contributed by atoms with van der Waals surface area (Å²) >= 11 is 0. The number of aryl methyl sites for hydroxylation is 2. The Balaban J connectivity index is 2.16. The van der Waals surface area contributed by atoms with Gasteiger partial charge in [0.2, 0.25) is 5.91 Å². The highest BCUT2D eigenvalue weighted by atomic mass is 16.2. The number of aromatic nitrogens is 2. The van der Waals surface area contributed by atoms with Crippen LogP contribution in [0.15, 0.2) is 36.4 Å². The smallest absolute Gasteiger partial charge is 0.233 e. The predicted octanol–water partition coefficient (Wildman–Crippen LogP) is 2.86. The molecule has 1 atom stereocenters. The van der Waals surface area contributed by atoms with E-state index in [-0.39, 0.29) is 11.8 Å². The minimum atomic E-state index is -0.128. The number of nitrogens with zero attached hydrogens (tertiary/aromatic N) is 2. The maximum absolute atomic E-state index is 12.4. The van der Waals surface area contributed by atoms with E-state index in [0.29, 0.717) is 0 Å². The van der Waals surface area contributed by atoms with Crippen molar-refractivity contribution in [2.75, 3.05) is 5.32 Å². The Labute approximate surface area is 113 Å². The lowest BCUT2D eigenvalue weighted by molar-refractivity contribution is -0.117. The second-order valence-corrected chi connectivity index (χ2v) is 4.66. The van der Waals surface area contributed by atoms with Crippen molar-refractivity contribution in [2.45, 2.75) is 26.2 Å². The molecule has 0 aliphatic carbocycles. The van der Waals surface area contributed by atoms with E-state index < -0.39 is 0 Å². The highest BCUT2D eigenvalue weighted by molar-refractivity contribution is 5.95. The van der Waals surface area contributed by atoms with Crippen LogP contribution in [0.25, 0.3) is 0 Å². The fourth-order valence-electron chi connectivity index (χ4n) is 2.20. The van der Waals surface area contributed by atoms with Crippen LogP contribution in [0.4, 0.5) is 5.82 Å². The molecule has 0 spiro atoms. The fourth-order valence-corrected chi connectivity index (χ4v) is 2.20. The van der Waals surface area contributed by atoms with Crippen LogP contribution in [0.5, 0.6) is 0 Å². The van der Waals surface area contributed by atoms with Crippen molar-refractivity contribution < 1.29 is 4.79 Å². The zero-order valence-electron chi connectivity index (χ0n) is 11.6. The van der Waals surface area contributed by atoms with E-state index >= 15 is 0 Å². The first-order valence-corrected chi connectivity index (χ1v) is 6.48. The zero-order chi connectivity index (χ0) is 13.8. The highest BCUT2D eigenvalue weighted by Gasteiger charge is 2.19. The third-order valence-electron chi connectivity index (χ3n) is 3.18. The molecule has 4 heteroatoms. The fraction of sp³-hybridized carbons (Fsp3) is 0.333. The first kappa shape index (κ1) is 13.3. The molecular formula is C15H19N3O. The van der Waals surface area contributed by atoms with Crippen molar-refractivity contribution in [3.05, 3.63) is 47.7 Å². The van der Waals surface area contributed by atoms with Crippen molar-refractivity contribution in [3.63, 3.8) is 0 Å². The molecule has 0 saturated carbocycles. The van der Waals surface area contributed by atoms with Gasteiger partial charge in [-0.15, -0.1) is 0 Å². The molecule has 0 bridgehead atoms. The third-order valence-corrected chi connectivity index (χ3v) is 3.18. The van der Waals surface area contributed by atoms with Crippen LogP contribution in [0.2, 0.25) is 0 Å². The lowest BCUT2D eigenvalue weighted by Gasteiger charge is -2.15. The largest absolute Gasteiger partial charge is 0.310 e. The van der Waals surface area contributed by atoms with Gasteiger partial charge in [-0.25, -0.2) is 0 Å². The summed E-state index contributed by atoms with van der Waals surface area (Å²) in [5, 5.41) is 7.17. The van der Waals surface area contributed by atoms with Crippen molar-refractivity contribution in [1.29, 1.82) is 0 Å². The normalized spacial score (nSPS) is 12.2. The van der Waals surface area contributed by atoms with Crippen LogP contribution in [0.1, 0.15) is 30.5 Å². The van der Waals surface area contributed by atoms with Gasteiger partial charge in [0.15, 0.2) is 0 Å². The van der Waals surface area contributed by atoms with Crippen LogP contribution in [0, 0.1) is 6.92 Å². The summed E-state index contributed by atoms with van der Waals surface area (Å²) in [5.41, 5.74) is 1.94. The quantitative estimate of drug-likeness (QED) is 0.915. The second-order valence-electron chi connectivity index (χ2n) is 4.66. The summed E-state index contributed by atoms with van der Waals surface area (Å²) in [7, 11) is 1.83. The van der Waals surface area contributed by atoms with Gasteiger partial charge in [-0.2, -0.15) is 5.10 Å². The lowest BCUT2D eigenvalue weighted by Crippen LogP contribution is -2.22. The summed E-state index contributed by atoms with van der Waals surface area (Å²) in [5.74, 6) is 0.616. The maximum atomic E-state index is 12.4. The summed E-state index contributed by atoms with van der Waals surface area (Å²) in [6, 6.07) is 11.7. The molecule has 19 heavy (non-hydrogen) atoms. The van der Waals surface area contributed by atoms with Gasteiger partial charge in [0.1, 0.15) is 5.82 Å². The van der Waals surface area contributed by atoms with Gasteiger partial charge in [-0.05, 0) is 18.9 Å². The van der Waals surface area contributed by atoms with E-state index in [4.69, 9.17) is 0 Å². The minimum Gasteiger partial charge on any atom is -0.310 e. The molecule has 0 aliphatic rings. The highest BCUT2D eigenvalue weighted by Crippen LogP contribution is 2.21. The SMILES string of the molecule is CC[C@H](C(=O)Nc1cc(C)nn1C)c1ccccc1. The molecule has 1 aromatic carbocycles. The van der Waals surface area contributed by atoms with E-state index in [9.17, 15) is 4.79 Å². The maximum Gasteiger partial charge on any atom is 0.233 e. The van der Waals surface area contributed by atoms with Gasteiger partial charge in [-0.3, -0.25) is 9.48 Å². The summed E-state index contributed by atoms with van der Waals surface area (Å²) in [6.07, 6.45) is 0.771. The van der Waals surface area contributed by atoms with Crippen molar-refractivity contribution in [2.24, 2.45) is 7.05 Å². The molecule has 1 heterocycles. The minimum absolute atomic E-state index is 0.0108. The summed E-state index contributed by atoms with van der Waals surface area (Å²) in [6.45, 7) is 3.93. The van der Waals surface area contributed by atoms with Gasteiger partial charge in [0, 0.05) is 13.1 Å². The van der Waals surface area contributed by atoms with Crippen molar-refractivity contribution >= 4 is 11.7 Å². The molecule has 0 fully saturated rings. The first-order valence-electron chi connectivity index (χ1n) is 6.48. The van der Waals surface area contributed by atoms with Crippen LogP contribution in [0.3, 0.4) is 0 Å². The van der Waals surface area contributed by atoms with E-state index in [1.165, 1.54) is 0 Å². The van der Waals surface area contributed by atoms with Gasteiger partial charge in [-0.1, -0.05) is 37.3 Å².